The first-order valence-corrected chi connectivity index (χ1v) is 28.8. The van der Waals surface area contributed by atoms with Crippen LogP contribution in [0, 0.1) is 13.8 Å². The van der Waals surface area contributed by atoms with Gasteiger partial charge in [-0.15, -0.1) is 0 Å². The Balaban J connectivity index is 1.14. The van der Waals surface area contributed by atoms with Gasteiger partial charge in [0.15, 0.2) is 0 Å². The zero-order valence-corrected chi connectivity index (χ0v) is 51.4. The molecular formula is C78H72N2O8. The highest BCUT2D eigenvalue weighted by Crippen LogP contribution is 2.39. The summed E-state index contributed by atoms with van der Waals surface area (Å²) >= 11 is 0. The van der Waals surface area contributed by atoms with E-state index in [0.717, 1.165) is 146 Å². The third kappa shape index (κ3) is 14.1. The summed E-state index contributed by atoms with van der Waals surface area (Å²) in [4.78, 5) is 4.48. The van der Waals surface area contributed by atoms with E-state index in [2.05, 4.69) is 182 Å². The molecule has 0 saturated heterocycles. The number of hydrogen-bond acceptors (Lipinski definition) is 10. The van der Waals surface area contributed by atoms with Crippen LogP contribution in [0.3, 0.4) is 0 Å². The molecule has 88 heavy (non-hydrogen) atoms. The minimum absolute atomic E-state index is 0.768. The molecule has 10 heteroatoms. The molecule has 0 spiro atoms. The Morgan fingerprint density at radius 3 is 0.523 bits per heavy atom. The van der Waals surface area contributed by atoms with E-state index in [0.29, 0.717) is 0 Å². The maximum absolute atomic E-state index is 5.64. The summed E-state index contributed by atoms with van der Waals surface area (Å²) < 4.78 is 45.1. The Morgan fingerprint density at radius 1 is 0.227 bits per heavy atom. The van der Waals surface area contributed by atoms with E-state index in [-0.39, 0.29) is 0 Å². The molecule has 0 atom stereocenters. The molecule has 0 fully saturated rings. The molecule has 10 aromatic carbocycles. The van der Waals surface area contributed by atoms with Gasteiger partial charge >= 0.3 is 0 Å². The Hall–Kier alpha value is -10.8. The van der Waals surface area contributed by atoms with Gasteiger partial charge in [0.25, 0.3) is 0 Å². The Bertz CT molecular complexity index is 3390. The molecule has 0 amide bonds. The molecule has 0 aromatic heterocycles. The molecule has 0 unspecified atom stereocenters. The van der Waals surface area contributed by atoms with Crippen LogP contribution >= 0.6 is 0 Å². The minimum Gasteiger partial charge on any atom is -0.497 e. The van der Waals surface area contributed by atoms with Crippen molar-refractivity contribution >= 4 is 33.7 Å². The van der Waals surface area contributed by atoms with Crippen LogP contribution in [0.15, 0.2) is 255 Å². The summed E-state index contributed by atoms with van der Waals surface area (Å²) in [6.45, 7) is 4.35. The summed E-state index contributed by atoms with van der Waals surface area (Å²) in [5.41, 5.74) is 18.2. The van der Waals surface area contributed by atoms with E-state index in [1.54, 1.807) is 56.9 Å². The fourth-order valence-electron chi connectivity index (χ4n) is 10.6. The van der Waals surface area contributed by atoms with Gasteiger partial charge in [0, 0.05) is 58.5 Å². The van der Waals surface area contributed by atoms with Crippen molar-refractivity contribution in [1.29, 1.82) is 0 Å². The fourth-order valence-corrected chi connectivity index (χ4v) is 10.6. The van der Waals surface area contributed by atoms with Crippen molar-refractivity contribution in [2.75, 3.05) is 66.7 Å². The Labute approximate surface area is 517 Å². The molecule has 0 bridgehead atoms. The average molecular weight is 1170 g/mol. The second kappa shape index (κ2) is 28.4. The number of benzene rings is 10. The van der Waals surface area contributed by atoms with E-state index in [4.69, 9.17) is 37.9 Å². The Kier molecular flexibility index (Phi) is 19.4. The number of methoxy groups -OCH3 is 8. The first-order valence-electron chi connectivity index (χ1n) is 28.8. The lowest BCUT2D eigenvalue weighted by molar-refractivity contribution is 0.414. The zero-order valence-electron chi connectivity index (χ0n) is 51.4. The third-order valence-corrected chi connectivity index (χ3v) is 15.6. The van der Waals surface area contributed by atoms with Crippen LogP contribution in [-0.4, -0.2) is 56.9 Å². The van der Waals surface area contributed by atoms with Gasteiger partial charge in [-0.05, 0) is 202 Å². The van der Waals surface area contributed by atoms with Crippen molar-refractivity contribution in [2.45, 2.75) is 13.8 Å². The normalized spacial score (nSPS) is 10.6. The van der Waals surface area contributed by atoms with Crippen molar-refractivity contribution in [3.63, 3.8) is 0 Å². The predicted molar refractivity (Wildman–Crippen MR) is 359 cm³/mol. The SMILES string of the molecule is COc1ccc(C(=CN(C=C(c2ccc(OC)cc2)c2ccc(OC)cc2)c2ccc(-c3ccc(N(C=C(c4ccc(OC)cc4)c4ccc(OC)cc4)C=C(c4ccc(OC)cc4)c4ccc(OC)cc4)c(C)c3)cc2C)c2ccc(OC)cc2)cc1. The number of anilines is 2. The molecule has 0 aliphatic heterocycles. The molecule has 10 nitrogen and oxygen atoms in total. The first kappa shape index (κ1) is 60.3. The summed E-state index contributed by atoms with van der Waals surface area (Å²) in [7, 11) is 13.5. The molecule has 0 saturated carbocycles. The number of hydrogen-bond donors (Lipinski definition) is 0. The smallest absolute Gasteiger partial charge is 0.118 e. The van der Waals surface area contributed by atoms with Gasteiger partial charge in [0.05, 0.1) is 56.9 Å². The first-order chi connectivity index (χ1) is 43.0. The largest absolute Gasteiger partial charge is 0.497 e. The van der Waals surface area contributed by atoms with E-state index < -0.39 is 0 Å². The second-order valence-electron chi connectivity index (χ2n) is 20.8. The third-order valence-electron chi connectivity index (χ3n) is 15.6. The summed E-state index contributed by atoms with van der Waals surface area (Å²) in [6.07, 6.45) is 8.86. The van der Waals surface area contributed by atoms with Crippen molar-refractivity contribution in [3.8, 4) is 57.1 Å². The van der Waals surface area contributed by atoms with Gasteiger partial charge in [-0.3, -0.25) is 0 Å². The van der Waals surface area contributed by atoms with Gasteiger partial charge < -0.3 is 47.7 Å². The zero-order chi connectivity index (χ0) is 61.5. The van der Waals surface area contributed by atoms with Gasteiger partial charge in [-0.25, -0.2) is 0 Å². The van der Waals surface area contributed by atoms with Crippen LogP contribution in [0.4, 0.5) is 11.4 Å². The lowest BCUT2D eigenvalue weighted by atomic mass is 9.95. The fraction of sp³-hybridized carbons (Fsp3) is 0.128. The summed E-state index contributed by atoms with van der Waals surface area (Å²) in [5.74, 6) is 6.15. The maximum Gasteiger partial charge on any atom is 0.118 e. The van der Waals surface area contributed by atoms with Crippen molar-refractivity contribution < 1.29 is 37.9 Å². The molecule has 0 N–H and O–H groups in total. The van der Waals surface area contributed by atoms with Crippen molar-refractivity contribution in [2.24, 2.45) is 0 Å². The lowest BCUT2D eigenvalue weighted by Crippen LogP contribution is -2.13. The highest BCUT2D eigenvalue weighted by molar-refractivity contribution is 5.89. The number of nitrogens with zero attached hydrogens (tertiary/aromatic N) is 2. The molecule has 10 rings (SSSR count). The number of aryl methyl sites for hydroxylation is 2. The standard InChI is InChI=1S/C78H72N2O8/c1-53-47-63(27-45-77(53)79(49-73(55-11-29-65(81-3)30-12-55)56-13-31-66(82-4)32-14-56)50-74(57-15-33-67(83-5)34-16-57)58-17-35-68(84-6)36-18-58)64-28-46-78(54(2)48-64)80(51-75(59-19-37-69(85-7)38-20-59)60-21-39-70(86-8)40-22-60)52-76(61-23-41-71(87-9)42-24-61)62-25-43-72(88-10)44-26-62/h11-52H,1-10H3. The molecule has 442 valence electrons. The molecule has 0 heterocycles. The Morgan fingerprint density at radius 2 is 0.386 bits per heavy atom. The van der Waals surface area contributed by atoms with E-state index in [9.17, 15) is 0 Å². The van der Waals surface area contributed by atoms with Crippen LogP contribution < -0.4 is 47.7 Å². The van der Waals surface area contributed by atoms with Crippen molar-refractivity contribution in [3.05, 3.63) is 311 Å². The van der Waals surface area contributed by atoms with Crippen LogP contribution in [0.25, 0.3) is 33.4 Å². The van der Waals surface area contributed by atoms with E-state index >= 15 is 0 Å². The summed E-state index contributed by atoms with van der Waals surface area (Å²) in [6, 6.07) is 78.8. The monoisotopic (exact) mass is 1160 g/mol. The predicted octanol–water partition coefficient (Wildman–Crippen LogP) is 18.0. The van der Waals surface area contributed by atoms with E-state index in [1.807, 2.05) is 97.1 Å². The van der Waals surface area contributed by atoms with E-state index in [1.165, 1.54) is 0 Å². The second-order valence-corrected chi connectivity index (χ2v) is 20.8. The van der Waals surface area contributed by atoms with Crippen molar-refractivity contribution in [1.82, 2.24) is 0 Å². The lowest BCUT2D eigenvalue weighted by Gasteiger charge is -2.25. The van der Waals surface area contributed by atoms with Crippen LogP contribution in [0.2, 0.25) is 0 Å². The summed E-state index contributed by atoms with van der Waals surface area (Å²) in [5, 5.41) is 0. The number of ether oxygens (including phenoxy) is 8. The average Bonchev–Trinajstić information content (AvgIpc) is 3.78. The highest BCUT2D eigenvalue weighted by Gasteiger charge is 2.19. The van der Waals surface area contributed by atoms with Crippen LogP contribution in [0.1, 0.15) is 55.6 Å². The van der Waals surface area contributed by atoms with Crippen LogP contribution in [-0.2, 0) is 0 Å². The quantitative estimate of drug-likeness (QED) is 0.0618. The van der Waals surface area contributed by atoms with Crippen LogP contribution in [0.5, 0.6) is 46.0 Å². The molecular weight excluding hydrogens is 1090 g/mol. The van der Waals surface area contributed by atoms with Gasteiger partial charge in [-0.1, -0.05) is 109 Å². The maximum atomic E-state index is 5.64. The van der Waals surface area contributed by atoms with Gasteiger partial charge in [0.2, 0.25) is 0 Å². The van der Waals surface area contributed by atoms with Gasteiger partial charge in [-0.2, -0.15) is 0 Å². The van der Waals surface area contributed by atoms with Gasteiger partial charge in [0.1, 0.15) is 46.0 Å². The molecule has 0 aliphatic carbocycles. The topological polar surface area (TPSA) is 80.3 Å². The molecule has 0 radical (unpaired) electrons. The highest BCUT2D eigenvalue weighted by atomic mass is 16.5. The molecule has 0 aliphatic rings. The number of rotatable bonds is 23. The minimum atomic E-state index is 0.768. The molecule has 10 aromatic rings.